The summed E-state index contributed by atoms with van der Waals surface area (Å²) in [6, 6.07) is 11.3. The van der Waals surface area contributed by atoms with E-state index >= 15 is 0 Å². The van der Waals surface area contributed by atoms with Crippen molar-refractivity contribution in [3.63, 3.8) is 0 Å². The zero-order chi connectivity index (χ0) is 18.9. The molecule has 6 heteroatoms. The number of oxime groups is 1. The van der Waals surface area contributed by atoms with E-state index in [1.807, 2.05) is 45.0 Å². The quantitative estimate of drug-likeness (QED) is 0.578. The smallest absolute Gasteiger partial charge is 0.265 e. The van der Waals surface area contributed by atoms with Gasteiger partial charge in [-0.2, -0.15) is 0 Å². The number of hydrogen-bond donors (Lipinski definition) is 1. The Morgan fingerprint density at radius 1 is 1.12 bits per heavy atom. The number of hydrogen-bond acceptors (Lipinski definition) is 5. The molecule has 0 saturated carbocycles. The largest absolute Gasteiger partial charge is 0.493 e. The fourth-order valence-electron chi connectivity index (χ4n) is 2.48. The molecule has 0 spiro atoms. The van der Waals surface area contributed by atoms with Gasteiger partial charge in [-0.05, 0) is 62.2 Å². The van der Waals surface area contributed by atoms with E-state index in [-0.39, 0.29) is 12.5 Å². The standard InChI is InChI=1S/C20H24N2O4/c1-5-25-18-7-6-16(11-19(18)24-4)12-21-26-13-20(23)22-17-9-14(2)8-15(3)10-17/h6-12H,5,13H2,1-4H3,(H,22,23)/b21-12-. The molecule has 6 nitrogen and oxygen atoms in total. The molecule has 26 heavy (non-hydrogen) atoms. The van der Waals surface area contributed by atoms with Crippen molar-refractivity contribution in [2.24, 2.45) is 5.16 Å². The zero-order valence-electron chi connectivity index (χ0n) is 15.5. The molecule has 0 fully saturated rings. The Morgan fingerprint density at radius 3 is 2.50 bits per heavy atom. The highest BCUT2D eigenvalue weighted by Crippen LogP contribution is 2.27. The molecule has 0 aromatic heterocycles. The van der Waals surface area contributed by atoms with Crippen LogP contribution in [0, 0.1) is 13.8 Å². The number of carbonyl (C=O) groups excluding carboxylic acids is 1. The molecule has 0 aliphatic heterocycles. The molecular weight excluding hydrogens is 332 g/mol. The molecule has 1 amide bonds. The Labute approximate surface area is 153 Å². The van der Waals surface area contributed by atoms with Crippen LogP contribution in [-0.4, -0.2) is 32.4 Å². The summed E-state index contributed by atoms with van der Waals surface area (Å²) in [6.07, 6.45) is 1.52. The summed E-state index contributed by atoms with van der Waals surface area (Å²) >= 11 is 0. The molecule has 0 aliphatic rings. The molecule has 1 N–H and O–H groups in total. The van der Waals surface area contributed by atoms with E-state index in [9.17, 15) is 4.79 Å². The van der Waals surface area contributed by atoms with Gasteiger partial charge in [0.15, 0.2) is 18.1 Å². The minimum absolute atomic E-state index is 0.169. The van der Waals surface area contributed by atoms with Crippen LogP contribution in [0.5, 0.6) is 11.5 Å². The molecule has 2 rings (SSSR count). The van der Waals surface area contributed by atoms with E-state index in [0.717, 1.165) is 22.4 Å². The Hall–Kier alpha value is -3.02. The highest BCUT2D eigenvalue weighted by Gasteiger charge is 2.05. The molecule has 0 aliphatic carbocycles. The van der Waals surface area contributed by atoms with Gasteiger partial charge in [-0.3, -0.25) is 4.79 Å². The number of benzene rings is 2. The minimum Gasteiger partial charge on any atom is -0.493 e. The van der Waals surface area contributed by atoms with Crippen LogP contribution in [0.25, 0.3) is 0 Å². The maximum atomic E-state index is 11.9. The van der Waals surface area contributed by atoms with Crippen LogP contribution < -0.4 is 14.8 Å². The molecule has 2 aromatic carbocycles. The van der Waals surface area contributed by atoms with Crippen LogP contribution in [0.15, 0.2) is 41.6 Å². The second-order valence-electron chi connectivity index (χ2n) is 5.78. The molecule has 0 heterocycles. The van der Waals surface area contributed by atoms with Crippen molar-refractivity contribution in [1.82, 2.24) is 0 Å². The summed E-state index contributed by atoms with van der Waals surface area (Å²) < 4.78 is 10.7. The number of anilines is 1. The Morgan fingerprint density at radius 2 is 1.85 bits per heavy atom. The summed E-state index contributed by atoms with van der Waals surface area (Å²) in [5.41, 5.74) is 3.70. The van der Waals surface area contributed by atoms with Gasteiger partial charge in [-0.1, -0.05) is 11.2 Å². The van der Waals surface area contributed by atoms with E-state index in [4.69, 9.17) is 14.3 Å². The number of carbonyl (C=O) groups is 1. The van der Waals surface area contributed by atoms with E-state index < -0.39 is 0 Å². The van der Waals surface area contributed by atoms with Gasteiger partial charge in [-0.25, -0.2) is 0 Å². The number of ether oxygens (including phenoxy) is 2. The van der Waals surface area contributed by atoms with Crippen molar-refractivity contribution in [2.75, 3.05) is 25.6 Å². The molecule has 2 aromatic rings. The van der Waals surface area contributed by atoms with Gasteiger partial charge in [-0.15, -0.1) is 0 Å². The van der Waals surface area contributed by atoms with E-state index in [1.165, 1.54) is 6.21 Å². The summed E-state index contributed by atoms with van der Waals surface area (Å²) in [5, 5.41) is 6.61. The van der Waals surface area contributed by atoms with Crippen LogP contribution in [0.2, 0.25) is 0 Å². The topological polar surface area (TPSA) is 69.2 Å². The highest BCUT2D eigenvalue weighted by molar-refractivity contribution is 5.92. The van der Waals surface area contributed by atoms with Crippen molar-refractivity contribution in [3.05, 3.63) is 53.1 Å². The van der Waals surface area contributed by atoms with Crippen LogP contribution >= 0.6 is 0 Å². The monoisotopic (exact) mass is 356 g/mol. The lowest BCUT2D eigenvalue weighted by Gasteiger charge is -2.09. The molecule has 0 unspecified atom stereocenters. The molecule has 0 bridgehead atoms. The van der Waals surface area contributed by atoms with Crippen molar-refractivity contribution in [3.8, 4) is 11.5 Å². The van der Waals surface area contributed by atoms with Gasteiger partial charge in [0.2, 0.25) is 0 Å². The zero-order valence-corrected chi connectivity index (χ0v) is 15.5. The second-order valence-corrected chi connectivity index (χ2v) is 5.78. The average molecular weight is 356 g/mol. The van der Waals surface area contributed by atoms with Gasteiger partial charge in [0.05, 0.1) is 19.9 Å². The number of nitrogens with zero attached hydrogens (tertiary/aromatic N) is 1. The Balaban J connectivity index is 1.87. The fourth-order valence-corrected chi connectivity index (χ4v) is 2.48. The normalized spacial score (nSPS) is 10.6. The van der Waals surface area contributed by atoms with Crippen molar-refractivity contribution in [2.45, 2.75) is 20.8 Å². The van der Waals surface area contributed by atoms with Crippen molar-refractivity contribution in [1.29, 1.82) is 0 Å². The van der Waals surface area contributed by atoms with Crippen LogP contribution in [0.4, 0.5) is 5.69 Å². The highest BCUT2D eigenvalue weighted by atomic mass is 16.6. The maximum absolute atomic E-state index is 11.9. The first-order valence-corrected chi connectivity index (χ1v) is 8.36. The summed E-state index contributed by atoms with van der Waals surface area (Å²) in [5.74, 6) is 1.01. The molecule has 0 saturated heterocycles. The molecule has 0 radical (unpaired) electrons. The minimum atomic E-state index is -0.267. The maximum Gasteiger partial charge on any atom is 0.265 e. The first kappa shape index (κ1) is 19.3. The lowest BCUT2D eigenvalue weighted by Crippen LogP contribution is -2.17. The lowest BCUT2D eigenvalue weighted by atomic mass is 10.1. The SMILES string of the molecule is CCOc1ccc(/C=N\OCC(=O)Nc2cc(C)cc(C)c2)cc1OC. The Bertz CT molecular complexity index is 767. The first-order valence-electron chi connectivity index (χ1n) is 8.36. The van der Waals surface area contributed by atoms with Crippen LogP contribution in [0.1, 0.15) is 23.6 Å². The van der Waals surface area contributed by atoms with Gasteiger partial charge >= 0.3 is 0 Å². The van der Waals surface area contributed by atoms with Crippen molar-refractivity contribution >= 4 is 17.8 Å². The third-order valence-corrected chi connectivity index (χ3v) is 3.46. The van der Waals surface area contributed by atoms with Crippen LogP contribution in [0.3, 0.4) is 0 Å². The fraction of sp³-hybridized carbons (Fsp3) is 0.300. The predicted molar refractivity (Wildman–Crippen MR) is 102 cm³/mol. The number of methoxy groups -OCH3 is 1. The lowest BCUT2D eigenvalue weighted by molar-refractivity contribution is -0.120. The predicted octanol–water partition coefficient (Wildman–Crippen LogP) is 3.70. The molecular formula is C20H24N2O4. The number of amides is 1. The number of aryl methyl sites for hydroxylation is 2. The third-order valence-electron chi connectivity index (χ3n) is 3.46. The van der Waals surface area contributed by atoms with Crippen molar-refractivity contribution < 1.29 is 19.1 Å². The number of nitrogens with one attached hydrogen (secondary N) is 1. The molecule has 138 valence electrons. The summed E-state index contributed by atoms with van der Waals surface area (Å²) in [6.45, 7) is 6.26. The first-order chi connectivity index (χ1) is 12.5. The van der Waals surface area contributed by atoms with E-state index in [0.29, 0.717) is 18.1 Å². The second kappa shape index (κ2) is 9.46. The molecule has 0 atom stereocenters. The Kier molecular flexibility index (Phi) is 7.02. The summed E-state index contributed by atoms with van der Waals surface area (Å²) in [4.78, 5) is 17.0. The van der Waals surface area contributed by atoms with Gasteiger partial charge in [0.25, 0.3) is 5.91 Å². The third kappa shape index (κ3) is 5.81. The van der Waals surface area contributed by atoms with E-state index in [1.54, 1.807) is 19.2 Å². The summed E-state index contributed by atoms with van der Waals surface area (Å²) in [7, 11) is 1.58. The van der Waals surface area contributed by atoms with Crippen LogP contribution in [-0.2, 0) is 9.63 Å². The van der Waals surface area contributed by atoms with Gasteiger partial charge in [0.1, 0.15) is 0 Å². The number of rotatable bonds is 8. The van der Waals surface area contributed by atoms with Gasteiger partial charge < -0.3 is 19.6 Å². The van der Waals surface area contributed by atoms with Gasteiger partial charge in [0, 0.05) is 11.3 Å². The average Bonchev–Trinajstić information content (AvgIpc) is 2.59. The van der Waals surface area contributed by atoms with E-state index in [2.05, 4.69) is 10.5 Å².